The first-order valence-electron chi connectivity index (χ1n) is 3.30. The molecule has 0 saturated carbocycles. The van der Waals surface area contributed by atoms with Crippen LogP contribution < -0.4 is 0 Å². The highest BCUT2D eigenvalue weighted by Crippen LogP contribution is 2.30. The number of carbonyl (C=O) groups is 1. The van der Waals surface area contributed by atoms with Crippen molar-refractivity contribution in [1.82, 2.24) is 0 Å². The van der Waals surface area contributed by atoms with E-state index in [4.69, 9.17) is 34.8 Å². The molecule has 0 spiro atoms. The Bertz CT molecular complexity index is 340. The first-order valence-corrected chi connectivity index (χ1v) is 4.50. The van der Waals surface area contributed by atoms with Crippen LogP contribution in [-0.4, -0.2) is 5.24 Å². The van der Waals surface area contributed by atoms with E-state index in [2.05, 4.69) is 0 Å². The van der Waals surface area contributed by atoms with Crippen molar-refractivity contribution in [3.05, 3.63) is 34.6 Å². The minimum Gasteiger partial charge on any atom is -0.279 e. The zero-order valence-corrected chi connectivity index (χ0v) is 8.50. The third-order valence-electron chi connectivity index (χ3n) is 1.43. The van der Waals surface area contributed by atoms with Crippen molar-refractivity contribution >= 4 is 40.0 Å². The summed E-state index contributed by atoms with van der Waals surface area (Å²) in [6, 6.07) is 3.58. The second-order valence-electron chi connectivity index (χ2n) is 2.33. The SMILES string of the molecule is O=C(Cl)C(Cl)c1cc(F)ccc1Cl. The summed E-state index contributed by atoms with van der Waals surface area (Å²) in [7, 11) is 0. The van der Waals surface area contributed by atoms with E-state index in [0.717, 1.165) is 6.07 Å². The summed E-state index contributed by atoms with van der Waals surface area (Å²) in [5.74, 6) is -0.511. The van der Waals surface area contributed by atoms with E-state index in [1.165, 1.54) is 12.1 Å². The van der Waals surface area contributed by atoms with Crippen LogP contribution in [0.2, 0.25) is 5.02 Å². The lowest BCUT2D eigenvalue weighted by atomic mass is 10.1. The van der Waals surface area contributed by atoms with E-state index >= 15 is 0 Å². The van der Waals surface area contributed by atoms with Crippen molar-refractivity contribution in [3.63, 3.8) is 0 Å². The van der Waals surface area contributed by atoms with Gasteiger partial charge in [-0.05, 0) is 29.8 Å². The second-order valence-corrected chi connectivity index (χ2v) is 3.55. The van der Waals surface area contributed by atoms with Gasteiger partial charge in [0.1, 0.15) is 11.2 Å². The zero-order chi connectivity index (χ0) is 10.0. The maximum Gasteiger partial charge on any atom is 0.244 e. The Morgan fingerprint density at radius 3 is 2.62 bits per heavy atom. The van der Waals surface area contributed by atoms with Gasteiger partial charge in [-0.3, -0.25) is 4.79 Å². The second kappa shape index (κ2) is 4.27. The summed E-state index contributed by atoms with van der Waals surface area (Å²) in [5, 5.41) is -1.67. The summed E-state index contributed by atoms with van der Waals surface area (Å²) < 4.78 is 12.7. The van der Waals surface area contributed by atoms with Crippen molar-refractivity contribution in [2.24, 2.45) is 0 Å². The van der Waals surface area contributed by atoms with Gasteiger partial charge in [0.2, 0.25) is 5.24 Å². The van der Waals surface area contributed by atoms with E-state index in [1.807, 2.05) is 0 Å². The summed E-state index contributed by atoms with van der Waals surface area (Å²) in [6.45, 7) is 0. The Hall–Kier alpha value is -0.310. The Morgan fingerprint density at radius 1 is 1.46 bits per heavy atom. The number of benzene rings is 1. The molecule has 0 amide bonds. The number of hydrogen-bond acceptors (Lipinski definition) is 1. The van der Waals surface area contributed by atoms with Gasteiger partial charge in [-0.25, -0.2) is 4.39 Å². The standard InChI is InChI=1S/C8H4Cl3FO/c9-6-2-1-4(12)3-5(6)7(10)8(11)13/h1-3,7H. The molecular weight excluding hydrogens is 237 g/mol. The number of rotatable bonds is 2. The number of alkyl halides is 1. The van der Waals surface area contributed by atoms with Gasteiger partial charge in [-0.15, -0.1) is 11.6 Å². The molecule has 0 aliphatic carbocycles. The van der Waals surface area contributed by atoms with Gasteiger partial charge in [0.05, 0.1) is 0 Å². The number of halogens is 4. The monoisotopic (exact) mass is 240 g/mol. The van der Waals surface area contributed by atoms with Crippen LogP contribution in [0.4, 0.5) is 4.39 Å². The van der Waals surface area contributed by atoms with Crippen LogP contribution in [0.15, 0.2) is 18.2 Å². The third-order valence-corrected chi connectivity index (χ3v) is 2.54. The normalized spacial score (nSPS) is 12.6. The van der Waals surface area contributed by atoms with Crippen LogP contribution in [0.5, 0.6) is 0 Å². The molecule has 0 saturated heterocycles. The van der Waals surface area contributed by atoms with Gasteiger partial charge >= 0.3 is 0 Å². The van der Waals surface area contributed by atoms with Crippen molar-refractivity contribution in [2.45, 2.75) is 5.38 Å². The Balaban J connectivity index is 3.12. The highest BCUT2D eigenvalue weighted by atomic mass is 35.5. The minimum absolute atomic E-state index is 0.184. The molecule has 0 radical (unpaired) electrons. The van der Waals surface area contributed by atoms with E-state index in [1.54, 1.807) is 0 Å². The first-order chi connectivity index (χ1) is 6.02. The van der Waals surface area contributed by atoms with Crippen LogP contribution in [0.3, 0.4) is 0 Å². The molecule has 1 nitrogen and oxygen atoms in total. The fourth-order valence-electron chi connectivity index (χ4n) is 0.831. The fourth-order valence-corrected chi connectivity index (χ4v) is 1.41. The maximum atomic E-state index is 12.7. The minimum atomic E-state index is -1.11. The molecule has 1 aromatic rings. The molecule has 1 aromatic carbocycles. The summed E-state index contributed by atoms with van der Waals surface area (Å²) in [4.78, 5) is 10.7. The Labute approximate surface area is 89.4 Å². The molecule has 0 N–H and O–H groups in total. The van der Waals surface area contributed by atoms with E-state index in [-0.39, 0.29) is 10.6 Å². The van der Waals surface area contributed by atoms with E-state index in [9.17, 15) is 9.18 Å². The molecule has 0 aromatic heterocycles. The molecule has 0 aliphatic heterocycles. The molecule has 0 aliphatic rings. The number of hydrogen-bond donors (Lipinski definition) is 0. The smallest absolute Gasteiger partial charge is 0.244 e. The zero-order valence-electron chi connectivity index (χ0n) is 6.23. The van der Waals surface area contributed by atoms with Gasteiger partial charge in [0.25, 0.3) is 0 Å². The number of carbonyl (C=O) groups excluding carboxylic acids is 1. The van der Waals surface area contributed by atoms with Crippen molar-refractivity contribution in [3.8, 4) is 0 Å². The highest BCUT2D eigenvalue weighted by Gasteiger charge is 2.18. The van der Waals surface area contributed by atoms with Gasteiger partial charge in [-0.2, -0.15) is 0 Å². The maximum absolute atomic E-state index is 12.7. The quantitative estimate of drug-likeness (QED) is 0.572. The third kappa shape index (κ3) is 2.56. The largest absolute Gasteiger partial charge is 0.279 e. The van der Waals surface area contributed by atoms with Crippen LogP contribution in [0.1, 0.15) is 10.9 Å². The Morgan fingerprint density at radius 2 is 2.08 bits per heavy atom. The molecule has 1 rings (SSSR count). The Kier molecular flexibility index (Phi) is 3.54. The molecule has 13 heavy (non-hydrogen) atoms. The average molecular weight is 241 g/mol. The van der Waals surface area contributed by atoms with Gasteiger partial charge in [-0.1, -0.05) is 11.6 Å². The molecule has 0 bridgehead atoms. The predicted molar refractivity (Wildman–Crippen MR) is 50.9 cm³/mol. The topological polar surface area (TPSA) is 17.1 Å². The van der Waals surface area contributed by atoms with Crippen LogP contribution >= 0.6 is 34.8 Å². The molecule has 0 heterocycles. The van der Waals surface area contributed by atoms with Crippen molar-refractivity contribution in [2.75, 3.05) is 0 Å². The van der Waals surface area contributed by atoms with Crippen molar-refractivity contribution < 1.29 is 9.18 Å². The van der Waals surface area contributed by atoms with E-state index in [0.29, 0.717) is 0 Å². The predicted octanol–water partition coefficient (Wildman–Crippen LogP) is 3.52. The summed E-state index contributed by atoms with van der Waals surface area (Å²) in [5.41, 5.74) is 0.184. The lowest BCUT2D eigenvalue weighted by Gasteiger charge is -2.06. The van der Waals surface area contributed by atoms with Gasteiger partial charge < -0.3 is 0 Å². The summed E-state index contributed by atoms with van der Waals surface area (Å²) >= 11 is 16.4. The lowest BCUT2D eigenvalue weighted by Crippen LogP contribution is -2.00. The van der Waals surface area contributed by atoms with Crippen LogP contribution in [0.25, 0.3) is 0 Å². The molecule has 70 valence electrons. The highest BCUT2D eigenvalue weighted by molar-refractivity contribution is 6.69. The average Bonchev–Trinajstić information content (AvgIpc) is 2.08. The molecular formula is C8H4Cl3FO. The molecule has 0 fully saturated rings. The fraction of sp³-hybridized carbons (Fsp3) is 0.125. The molecule has 5 heteroatoms. The van der Waals surface area contributed by atoms with Gasteiger partial charge in [0.15, 0.2) is 0 Å². The van der Waals surface area contributed by atoms with E-state index < -0.39 is 16.4 Å². The van der Waals surface area contributed by atoms with Gasteiger partial charge in [0, 0.05) is 10.6 Å². The first kappa shape index (κ1) is 10.8. The van der Waals surface area contributed by atoms with Crippen molar-refractivity contribution in [1.29, 1.82) is 0 Å². The van der Waals surface area contributed by atoms with Crippen LogP contribution in [-0.2, 0) is 4.79 Å². The lowest BCUT2D eigenvalue weighted by molar-refractivity contribution is -0.111. The molecule has 1 unspecified atom stereocenters. The van der Waals surface area contributed by atoms with Crippen LogP contribution in [0, 0.1) is 5.82 Å². The molecule has 1 atom stereocenters. The summed E-state index contributed by atoms with van der Waals surface area (Å²) in [6.07, 6.45) is 0.